The molecule has 1 aliphatic rings. The molecule has 0 bridgehead atoms. The van der Waals surface area contributed by atoms with E-state index in [-0.39, 0.29) is 0 Å². The Bertz CT molecular complexity index is 567. The maximum atomic E-state index is 5.40. The van der Waals surface area contributed by atoms with Gasteiger partial charge < -0.3 is 9.30 Å². The first-order valence-corrected chi connectivity index (χ1v) is 7.04. The molecular formula is C13H15N3OS. The number of nitrogens with zero attached hydrogens (tertiary/aromatic N) is 3. The molecule has 3 rings (SSSR count). The van der Waals surface area contributed by atoms with Crippen molar-refractivity contribution < 1.29 is 4.74 Å². The van der Waals surface area contributed by atoms with E-state index in [2.05, 4.69) is 21.7 Å². The Kier molecular flexibility index (Phi) is 2.99. The number of para-hydroxylation sites is 1. The summed E-state index contributed by atoms with van der Waals surface area (Å²) in [5, 5.41) is 9.08. The second-order valence-electron chi connectivity index (χ2n) is 4.25. The van der Waals surface area contributed by atoms with Crippen molar-refractivity contribution in [2.75, 3.05) is 12.9 Å². The third kappa shape index (κ3) is 1.79. The number of methoxy groups -OCH3 is 1. The quantitative estimate of drug-likeness (QED) is 0.833. The summed E-state index contributed by atoms with van der Waals surface area (Å²) in [6.45, 7) is 3.14. The van der Waals surface area contributed by atoms with E-state index in [4.69, 9.17) is 4.74 Å². The molecule has 94 valence electrons. The molecule has 1 unspecified atom stereocenters. The van der Waals surface area contributed by atoms with Gasteiger partial charge in [0.2, 0.25) is 0 Å². The summed E-state index contributed by atoms with van der Waals surface area (Å²) < 4.78 is 7.61. The highest BCUT2D eigenvalue weighted by molar-refractivity contribution is 7.99. The van der Waals surface area contributed by atoms with Gasteiger partial charge in [-0.15, -0.1) is 22.0 Å². The highest BCUT2D eigenvalue weighted by atomic mass is 32.2. The van der Waals surface area contributed by atoms with Gasteiger partial charge >= 0.3 is 0 Å². The summed E-state index contributed by atoms with van der Waals surface area (Å²) in [5.41, 5.74) is 1.01. The van der Waals surface area contributed by atoms with E-state index in [1.807, 2.05) is 36.0 Å². The zero-order chi connectivity index (χ0) is 12.5. The molecule has 0 saturated carbocycles. The highest BCUT2D eigenvalue weighted by Gasteiger charge is 2.24. The number of aromatic nitrogens is 3. The number of fused-ring (bicyclic) bond motifs is 1. The number of hydrogen-bond acceptors (Lipinski definition) is 4. The van der Waals surface area contributed by atoms with Crippen LogP contribution in [0.2, 0.25) is 0 Å². The number of hydrogen-bond donors (Lipinski definition) is 0. The van der Waals surface area contributed by atoms with E-state index in [1.165, 1.54) is 0 Å². The van der Waals surface area contributed by atoms with Crippen molar-refractivity contribution >= 4 is 11.8 Å². The molecule has 1 aromatic carbocycles. The molecule has 2 heterocycles. The maximum absolute atomic E-state index is 5.40. The van der Waals surface area contributed by atoms with Gasteiger partial charge in [0.25, 0.3) is 0 Å². The van der Waals surface area contributed by atoms with Crippen LogP contribution in [0.1, 0.15) is 18.0 Å². The Morgan fingerprint density at radius 2 is 2.17 bits per heavy atom. The Labute approximate surface area is 110 Å². The van der Waals surface area contributed by atoms with Crippen molar-refractivity contribution in [3.05, 3.63) is 30.1 Å². The molecule has 1 atom stereocenters. The fourth-order valence-corrected chi connectivity index (χ4v) is 3.23. The van der Waals surface area contributed by atoms with Crippen LogP contribution in [0.15, 0.2) is 24.3 Å². The van der Waals surface area contributed by atoms with Crippen molar-refractivity contribution in [2.45, 2.75) is 18.7 Å². The number of rotatable bonds is 2. The van der Waals surface area contributed by atoms with Crippen molar-refractivity contribution in [3.8, 4) is 17.1 Å². The molecule has 5 heteroatoms. The van der Waals surface area contributed by atoms with E-state index in [0.717, 1.165) is 35.3 Å². The summed E-state index contributed by atoms with van der Waals surface area (Å²) in [7, 11) is 1.69. The predicted octanol–water partition coefficient (Wildman–Crippen LogP) is 2.76. The van der Waals surface area contributed by atoms with Crippen molar-refractivity contribution in [3.63, 3.8) is 0 Å². The van der Waals surface area contributed by atoms with Gasteiger partial charge in [0.15, 0.2) is 5.82 Å². The third-order valence-corrected chi connectivity index (χ3v) is 4.30. The lowest BCUT2D eigenvalue weighted by Crippen LogP contribution is -2.14. The van der Waals surface area contributed by atoms with Crippen LogP contribution in [-0.2, 0) is 6.54 Å². The molecular weight excluding hydrogens is 246 g/mol. The van der Waals surface area contributed by atoms with Crippen LogP contribution in [0.5, 0.6) is 5.75 Å². The predicted molar refractivity (Wildman–Crippen MR) is 72.9 cm³/mol. The van der Waals surface area contributed by atoms with Crippen LogP contribution >= 0.6 is 11.8 Å². The van der Waals surface area contributed by atoms with Crippen LogP contribution in [0.25, 0.3) is 11.4 Å². The lowest BCUT2D eigenvalue weighted by Gasteiger charge is -2.20. The van der Waals surface area contributed by atoms with Crippen LogP contribution in [-0.4, -0.2) is 27.6 Å². The van der Waals surface area contributed by atoms with E-state index < -0.39 is 0 Å². The minimum absolute atomic E-state index is 0.412. The minimum Gasteiger partial charge on any atom is -0.496 e. The maximum Gasteiger partial charge on any atom is 0.167 e. The minimum atomic E-state index is 0.412. The molecule has 4 nitrogen and oxygen atoms in total. The summed E-state index contributed by atoms with van der Waals surface area (Å²) in [4.78, 5) is 0. The van der Waals surface area contributed by atoms with Gasteiger partial charge in [-0.1, -0.05) is 12.1 Å². The summed E-state index contributed by atoms with van der Waals surface area (Å²) >= 11 is 1.92. The van der Waals surface area contributed by atoms with Gasteiger partial charge in [-0.3, -0.25) is 0 Å². The largest absolute Gasteiger partial charge is 0.496 e. The second kappa shape index (κ2) is 4.65. The van der Waals surface area contributed by atoms with Gasteiger partial charge in [-0.2, -0.15) is 0 Å². The number of ether oxygens (including phenoxy) is 1. The first kappa shape index (κ1) is 11.6. The average Bonchev–Trinajstić information content (AvgIpc) is 2.84. The molecule has 0 amide bonds. The van der Waals surface area contributed by atoms with Crippen LogP contribution in [0.4, 0.5) is 0 Å². The Balaban J connectivity index is 2.13. The van der Waals surface area contributed by atoms with Crippen molar-refractivity contribution in [1.82, 2.24) is 14.8 Å². The summed E-state index contributed by atoms with van der Waals surface area (Å²) in [6, 6.07) is 7.95. The first-order valence-electron chi connectivity index (χ1n) is 5.99. The fourth-order valence-electron chi connectivity index (χ4n) is 2.26. The molecule has 18 heavy (non-hydrogen) atoms. The van der Waals surface area contributed by atoms with Crippen molar-refractivity contribution in [1.29, 1.82) is 0 Å². The van der Waals surface area contributed by atoms with Crippen LogP contribution in [0, 0.1) is 0 Å². The van der Waals surface area contributed by atoms with E-state index >= 15 is 0 Å². The lowest BCUT2D eigenvalue weighted by molar-refractivity contribution is 0.416. The van der Waals surface area contributed by atoms with E-state index in [1.54, 1.807) is 7.11 Å². The van der Waals surface area contributed by atoms with Crippen LogP contribution in [0.3, 0.4) is 0 Å². The number of thioether (sulfide) groups is 1. The molecule has 0 radical (unpaired) electrons. The molecule has 1 aromatic heterocycles. The topological polar surface area (TPSA) is 39.9 Å². The van der Waals surface area contributed by atoms with E-state index in [0.29, 0.717) is 5.25 Å². The zero-order valence-electron chi connectivity index (χ0n) is 10.5. The average molecular weight is 261 g/mol. The molecule has 0 fully saturated rings. The Hall–Kier alpha value is -1.49. The molecule has 1 aliphatic heterocycles. The van der Waals surface area contributed by atoms with Gasteiger partial charge in [0, 0.05) is 12.3 Å². The Morgan fingerprint density at radius 3 is 3.00 bits per heavy atom. The first-order chi connectivity index (χ1) is 8.81. The monoisotopic (exact) mass is 261 g/mol. The normalized spacial score (nSPS) is 18.4. The molecule has 0 N–H and O–H groups in total. The smallest absolute Gasteiger partial charge is 0.167 e. The fraction of sp³-hybridized carbons (Fsp3) is 0.385. The van der Waals surface area contributed by atoms with Gasteiger partial charge in [0.05, 0.1) is 17.9 Å². The summed E-state index contributed by atoms with van der Waals surface area (Å²) in [5.74, 6) is 3.93. The zero-order valence-corrected chi connectivity index (χ0v) is 11.3. The SMILES string of the molecule is COc1ccccc1-c1nnc2n1CCSC2C. The molecule has 0 spiro atoms. The standard InChI is InChI=1S/C13H15N3OS/c1-9-12-14-15-13(16(12)7-8-18-9)10-5-3-4-6-11(10)17-2/h3-6,9H,7-8H2,1-2H3. The highest BCUT2D eigenvalue weighted by Crippen LogP contribution is 2.36. The van der Waals surface area contributed by atoms with Gasteiger partial charge in [0.1, 0.15) is 11.6 Å². The Morgan fingerprint density at radius 1 is 1.33 bits per heavy atom. The van der Waals surface area contributed by atoms with Gasteiger partial charge in [-0.05, 0) is 19.1 Å². The lowest BCUT2D eigenvalue weighted by atomic mass is 10.2. The molecule has 0 saturated heterocycles. The molecule has 0 aliphatic carbocycles. The van der Waals surface area contributed by atoms with Crippen molar-refractivity contribution in [2.24, 2.45) is 0 Å². The second-order valence-corrected chi connectivity index (χ2v) is 5.70. The van der Waals surface area contributed by atoms with Gasteiger partial charge in [-0.25, -0.2) is 0 Å². The molecule has 2 aromatic rings. The van der Waals surface area contributed by atoms with E-state index in [9.17, 15) is 0 Å². The number of benzene rings is 1. The summed E-state index contributed by atoms with van der Waals surface area (Å²) in [6.07, 6.45) is 0. The van der Waals surface area contributed by atoms with Crippen LogP contribution < -0.4 is 4.74 Å². The third-order valence-electron chi connectivity index (χ3n) is 3.17.